The summed E-state index contributed by atoms with van der Waals surface area (Å²) < 4.78 is 25.9. The van der Waals surface area contributed by atoms with Crippen molar-refractivity contribution in [3.8, 4) is 5.75 Å². The van der Waals surface area contributed by atoms with E-state index in [4.69, 9.17) is 14.5 Å². The summed E-state index contributed by atoms with van der Waals surface area (Å²) in [5.41, 5.74) is 3.12. The minimum absolute atomic E-state index is 0.0694. The number of hydrogen-bond donors (Lipinski definition) is 0. The third kappa shape index (κ3) is 5.03. The summed E-state index contributed by atoms with van der Waals surface area (Å²) in [5, 5.41) is 0.641. The number of para-hydroxylation sites is 1. The van der Waals surface area contributed by atoms with Gasteiger partial charge in [-0.1, -0.05) is 35.6 Å². The van der Waals surface area contributed by atoms with Crippen LogP contribution in [0.1, 0.15) is 11.1 Å². The zero-order valence-corrected chi connectivity index (χ0v) is 18.6. The third-order valence-electron chi connectivity index (χ3n) is 5.39. The van der Waals surface area contributed by atoms with Crippen LogP contribution in [-0.2, 0) is 9.53 Å². The van der Waals surface area contributed by atoms with Gasteiger partial charge >= 0.3 is 0 Å². The van der Waals surface area contributed by atoms with E-state index in [0.717, 1.165) is 34.4 Å². The van der Waals surface area contributed by atoms with E-state index in [1.54, 1.807) is 17.0 Å². The Morgan fingerprint density at radius 1 is 1.19 bits per heavy atom. The molecule has 2 aromatic carbocycles. The predicted octanol–water partition coefficient (Wildman–Crippen LogP) is 3.80. The molecule has 1 aromatic heterocycles. The first-order valence-electron chi connectivity index (χ1n) is 10.4. The number of aromatic nitrogens is 1. The van der Waals surface area contributed by atoms with Crippen LogP contribution in [0.15, 0.2) is 36.4 Å². The Hall–Kier alpha value is -2.55. The lowest BCUT2D eigenvalue weighted by Crippen LogP contribution is -2.44. The van der Waals surface area contributed by atoms with E-state index in [1.807, 2.05) is 19.9 Å². The summed E-state index contributed by atoms with van der Waals surface area (Å²) in [6.45, 7) is 8.08. The Kier molecular flexibility index (Phi) is 6.80. The predicted molar refractivity (Wildman–Crippen MR) is 121 cm³/mol. The van der Waals surface area contributed by atoms with E-state index in [0.29, 0.717) is 31.4 Å². The molecule has 0 unspecified atom stereocenters. The molecule has 4 rings (SSSR count). The Morgan fingerprint density at radius 3 is 2.68 bits per heavy atom. The van der Waals surface area contributed by atoms with E-state index in [2.05, 4.69) is 11.0 Å². The minimum Gasteiger partial charge on any atom is -0.481 e. The minimum atomic E-state index is -0.485. The van der Waals surface area contributed by atoms with Gasteiger partial charge < -0.3 is 9.47 Å². The molecule has 1 amide bonds. The molecular weight excluding hydrogens is 417 g/mol. The molecule has 1 fully saturated rings. The van der Waals surface area contributed by atoms with Crippen molar-refractivity contribution in [2.45, 2.75) is 13.8 Å². The molecule has 2 heterocycles. The van der Waals surface area contributed by atoms with Crippen LogP contribution in [0.5, 0.6) is 5.75 Å². The smallest absolute Gasteiger partial charge is 0.266 e. The maximum Gasteiger partial charge on any atom is 0.266 e. The van der Waals surface area contributed by atoms with Gasteiger partial charge in [-0.3, -0.25) is 14.6 Å². The third-order valence-corrected chi connectivity index (χ3v) is 6.61. The van der Waals surface area contributed by atoms with Gasteiger partial charge in [-0.15, -0.1) is 0 Å². The molecule has 1 aliphatic rings. The average Bonchev–Trinajstić information content (AvgIpc) is 3.23. The van der Waals surface area contributed by atoms with Crippen molar-refractivity contribution in [2.75, 3.05) is 50.9 Å². The van der Waals surface area contributed by atoms with Crippen LogP contribution >= 0.6 is 11.3 Å². The first-order chi connectivity index (χ1) is 15.0. The van der Waals surface area contributed by atoms with Crippen LogP contribution in [0.25, 0.3) is 10.2 Å². The highest BCUT2D eigenvalue weighted by atomic mass is 32.1. The highest BCUT2D eigenvalue weighted by molar-refractivity contribution is 7.22. The number of fused-ring (bicyclic) bond motifs is 1. The second-order valence-electron chi connectivity index (χ2n) is 7.59. The van der Waals surface area contributed by atoms with Gasteiger partial charge in [0.2, 0.25) is 0 Å². The number of benzene rings is 2. The fourth-order valence-corrected chi connectivity index (χ4v) is 4.69. The lowest BCUT2D eigenvalue weighted by Gasteiger charge is -2.29. The molecule has 0 N–H and O–H groups in total. The van der Waals surface area contributed by atoms with Crippen molar-refractivity contribution >= 4 is 32.6 Å². The normalized spacial score (nSPS) is 14.7. The number of rotatable bonds is 7. The van der Waals surface area contributed by atoms with Crippen LogP contribution in [-0.4, -0.2) is 61.8 Å². The highest BCUT2D eigenvalue weighted by Gasteiger charge is 2.23. The number of halogens is 1. The summed E-state index contributed by atoms with van der Waals surface area (Å²) in [6, 6.07) is 10.2. The second-order valence-corrected chi connectivity index (χ2v) is 8.57. The largest absolute Gasteiger partial charge is 0.481 e. The van der Waals surface area contributed by atoms with Gasteiger partial charge in [0.05, 0.1) is 23.4 Å². The molecule has 0 aliphatic carbocycles. The molecule has 8 heteroatoms. The van der Waals surface area contributed by atoms with E-state index in [1.165, 1.54) is 23.5 Å². The summed E-state index contributed by atoms with van der Waals surface area (Å²) in [4.78, 5) is 21.9. The van der Waals surface area contributed by atoms with Gasteiger partial charge in [-0.2, -0.15) is 0 Å². The fraction of sp³-hybridized carbons (Fsp3) is 0.391. The molecule has 3 aromatic rings. The summed E-state index contributed by atoms with van der Waals surface area (Å²) >= 11 is 1.51. The molecule has 0 bridgehead atoms. The maximum atomic E-state index is 13.9. The number of hydrogen-bond acceptors (Lipinski definition) is 6. The van der Waals surface area contributed by atoms with E-state index < -0.39 is 5.82 Å². The zero-order chi connectivity index (χ0) is 21.8. The monoisotopic (exact) mass is 443 g/mol. The molecule has 6 nitrogen and oxygen atoms in total. The van der Waals surface area contributed by atoms with E-state index in [9.17, 15) is 9.18 Å². The number of thiazole rings is 1. The lowest BCUT2D eigenvalue weighted by molar-refractivity contribution is -0.120. The standard InChI is InChI=1S/C23H26FN3O3S/c1-16-7-8-17(2)22-21(16)25-23(31-22)27(10-9-26-11-13-29-14-12-26)20(28)15-30-19-6-4-3-5-18(19)24/h3-8H,9-15H2,1-2H3. The van der Waals surface area contributed by atoms with Gasteiger partial charge in [0.15, 0.2) is 23.3 Å². The van der Waals surface area contributed by atoms with Crippen LogP contribution in [0.3, 0.4) is 0 Å². The zero-order valence-electron chi connectivity index (χ0n) is 17.8. The maximum absolute atomic E-state index is 13.9. The SMILES string of the molecule is Cc1ccc(C)c2sc(N(CCN3CCOCC3)C(=O)COc3ccccc3F)nc12. The molecule has 0 spiro atoms. The lowest BCUT2D eigenvalue weighted by atomic mass is 10.1. The van der Waals surface area contributed by atoms with Crippen molar-refractivity contribution in [3.05, 3.63) is 53.3 Å². The molecular formula is C23H26FN3O3S. The van der Waals surface area contributed by atoms with Crippen molar-refractivity contribution in [1.29, 1.82) is 0 Å². The van der Waals surface area contributed by atoms with Crippen molar-refractivity contribution in [1.82, 2.24) is 9.88 Å². The van der Waals surface area contributed by atoms with Gasteiger partial charge in [0.25, 0.3) is 5.91 Å². The average molecular weight is 444 g/mol. The van der Waals surface area contributed by atoms with Crippen LogP contribution in [0, 0.1) is 19.7 Å². The Labute approximate surface area is 185 Å². The Bertz CT molecular complexity index is 1030. The number of carbonyl (C=O) groups is 1. The number of nitrogens with zero attached hydrogens (tertiary/aromatic N) is 3. The molecule has 0 radical (unpaired) electrons. The fourth-order valence-electron chi connectivity index (χ4n) is 3.54. The molecule has 0 atom stereocenters. The highest BCUT2D eigenvalue weighted by Crippen LogP contribution is 2.33. The van der Waals surface area contributed by atoms with Gasteiger partial charge in [-0.25, -0.2) is 9.37 Å². The van der Waals surface area contributed by atoms with E-state index in [-0.39, 0.29) is 18.3 Å². The van der Waals surface area contributed by atoms with Crippen LogP contribution in [0.2, 0.25) is 0 Å². The first-order valence-corrected chi connectivity index (χ1v) is 11.2. The summed E-state index contributed by atoms with van der Waals surface area (Å²) in [7, 11) is 0. The number of morpholine rings is 1. The van der Waals surface area contributed by atoms with E-state index >= 15 is 0 Å². The molecule has 31 heavy (non-hydrogen) atoms. The van der Waals surface area contributed by atoms with Gasteiger partial charge in [0, 0.05) is 26.2 Å². The number of amides is 1. The molecule has 0 saturated carbocycles. The summed E-state index contributed by atoms with van der Waals surface area (Å²) in [6.07, 6.45) is 0. The van der Waals surface area contributed by atoms with Crippen molar-refractivity contribution in [3.63, 3.8) is 0 Å². The molecule has 1 aliphatic heterocycles. The number of ether oxygens (including phenoxy) is 2. The van der Waals surface area contributed by atoms with Gasteiger partial charge in [0.1, 0.15) is 0 Å². The van der Waals surface area contributed by atoms with Crippen molar-refractivity contribution < 1.29 is 18.7 Å². The Morgan fingerprint density at radius 2 is 1.94 bits per heavy atom. The molecule has 1 saturated heterocycles. The van der Waals surface area contributed by atoms with Crippen molar-refractivity contribution in [2.24, 2.45) is 0 Å². The quantitative estimate of drug-likeness (QED) is 0.556. The number of carbonyl (C=O) groups excluding carboxylic acids is 1. The van der Waals surface area contributed by atoms with Crippen LogP contribution in [0.4, 0.5) is 9.52 Å². The van der Waals surface area contributed by atoms with Gasteiger partial charge in [-0.05, 0) is 37.1 Å². The number of anilines is 1. The molecule has 164 valence electrons. The first kappa shape index (κ1) is 21.7. The number of aryl methyl sites for hydroxylation is 2. The Balaban J connectivity index is 1.56. The topological polar surface area (TPSA) is 54.9 Å². The summed E-state index contributed by atoms with van der Waals surface area (Å²) in [5.74, 6) is -0.660. The van der Waals surface area contributed by atoms with Crippen LogP contribution < -0.4 is 9.64 Å². The second kappa shape index (κ2) is 9.72.